The van der Waals surface area contributed by atoms with E-state index in [1.807, 2.05) is 0 Å². The molecule has 6 nitrogen and oxygen atoms in total. The third-order valence-electron chi connectivity index (χ3n) is 3.91. The lowest BCUT2D eigenvalue weighted by molar-refractivity contribution is -0.137. The van der Waals surface area contributed by atoms with Crippen LogP contribution in [0.15, 0.2) is 73.2 Å². The van der Waals surface area contributed by atoms with Gasteiger partial charge in [-0.05, 0) is 30.3 Å². The molecule has 144 valence electrons. The van der Waals surface area contributed by atoms with Gasteiger partial charge in [-0.2, -0.15) is 13.2 Å². The number of halogens is 3. The Hall–Kier alpha value is -3.88. The number of hydrogen-bond donors (Lipinski definition) is 1. The number of pyridine rings is 1. The van der Waals surface area contributed by atoms with Crippen molar-refractivity contribution in [2.24, 2.45) is 0 Å². The Morgan fingerprint density at radius 1 is 0.724 bits per heavy atom. The van der Waals surface area contributed by atoms with Crippen LogP contribution in [-0.4, -0.2) is 24.9 Å². The topological polar surface area (TPSA) is 76.5 Å². The van der Waals surface area contributed by atoms with Crippen molar-refractivity contribution < 1.29 is 13.2 Å². The molecular formula is C20H13F3N6. The van der Waals surface area contributed by atoms with Crippen LogP contribution in [0.4, 0.5) is 24.9 Å². The van der Waals surface area contributed by atoms with E-state index in [9.17, 15) is 13.2 Å². The van der Waals surface area contributed by atoms with Crippen LogP contribution in [0.3, 0.4) is 0 Å². The van der Waals surface area contributed by atoms with Crippen molar-refractivity contribution in [2.75, 3.05) is 5.32 Å². The van der Waals surface area contributed by atoms with Crippen LogP contribution in [0.25, 0.3) is 22.8 Å². The van der Waals surface area contributed by atoms with Gasteiger partial charge in [0.25, 0.3) is 0 Å². The highest BCUT2D eigenvalue weighted by Crippen LogP contribution is 2.32. The molecule has 0 fully saturated rings. The normalized spacial score (nSPS) is 11.3. The molecule has 9 heteroatoms. The highest BCUT2D eigenvalue weighted by molar-refractivity contribution is 5.68. The van der Waals surface area contributed by atoms with Crippen LogP contribution in [-0.2, 0) is 6.18 Å². The molecule has 0 aliphatic carbocycles. The molecule has 0 amide bonds. The summed E-state index contributed by atoms with van der Waals surface area (Å²) in [5.41, 5.74) is 0.342. The van der Waals surface area contributed by atoms with Crippen molar-refractivity contribution in [2.45, 2.75) is 6.18 Å². The van der Waals surface area contributed by atoms with Gasteiger partial charge >= 0.3 is 6.18 Å². The molecule has 0 bridgehead atoms. The maximum atomic E-state index is 13.1. The molecule has 29 heavy (non-hydrogen) atoms. The van der Waals surface area contributed by atoms with Crippen molar-refractivity contribution in [1.29, 1.82) is 0 Å². The molecule has 0 radical (unpaired) electrons. The molecule has 3 heterocycles. The first kappa shape index (κ1) is 18.5. The first-order valence-corrected chi connectivity index (χ1v) is 8.51. The molecule has 4 aromatic rings. The zero-order valence-corrected chi connectivity index (χ0v) is 14.8. The number of hydrogen-bond acceptors (Lipinski definition) is 6. The largest absolute Gasteiger partial charge is 0.416 e. The highest BCUT2D eigenvalue weighted by atomic mass is 19.4. The number of benzene rings is 1. The van der Waals surface area contributed by atoms with Crippen molar-refractivity contribution in [1.82, 2.24) is 24.9 Å². The minimum Gasteiger partial charge on any atom is -0.309 e. The van der Waals surface area contributed by atoms with Gasteiger partial charge in [-0.3, -0.25) is 4.98 Å². The molecule has 0 saturated heterocycles. The monoisotopic (exact) mass is 394 g/mol. The molecular weight excluding hydrogens is 381 g/mol. The number of rotatable bonds is 4. The Morgan fingerprint density at radius 2 is 1.52 bits per heavy atom. The van der Waals surface area contributed by atoms with E-state index in [0.717, 1.165) is 12.1 Å². The standard InChI is InChI=1S/C20H13F3N6/c21-20(22,23)14-6-3-5-13(11-14)16-12-17(29-19-25-9-4-10-26-19)28-18(27-16)15-7-1-2-8-24-15/h1-12H,(H,25,26,27,28,29). The van der Waals surface area contributed by atoms with E-state index in [1.54, 1.807) is 48.9 Å². The van der Waals surface area contributed by atoms with E-state index in [4.69, 9.17) is 0 Å². The quantitative estimate of drug-likeness (QED) is 0.538. The summed E-state index contributed by atoms with van der Waals surface area (Å²) in [4.78, 5) is 21.2. The maximum absolute atomic E-state index is 13.1. The second-order valence-electron chi connectivity index (χ2n) is 5.95. The van der Waals surface area contributed by atoms with Gasteiger partial charge in [0.1, 0.15) is 11.5 Å². The zero-order valence-electron chi connectivity index (χ0n) is 14.8. The lowest BCUT2D eigenvalue weighted by Crippen LogP contribution is -2.05. The SMILES string of the molecule is FC(F)(F)c1cccc(-c2cc(Nc3ncccn3)nc(-c3ccccn3)n2)c1. The summed E-state index contributed by atoms with van der Waals surface area (Å²) in [6.07, 6.45) is 0.253. The number of anilines is 2. The van der Waals surface area contributed by atoms with E-state index in [2.05, 4.69) is 30.2 Å². The Morgan fingerprint density at radius 3 is 2.24 bits per heavy atom. The smallest absolute Gasteiger partial charge is 0.309 e. The molecule has 1 N–H and O–H groups in total. The Bertz CT molecular complexity index is 1120. The van der Waals surface area contributed by atoms with Gasteiger partial charge in [-0.15, -0.1) is 0 Å². The summed E-state index contributed by atoms with van der Waals surface area (Å²) in [7, 11) is 0. The molecule has 0 aliphatic rings. The van der Waals surface area contributed by atoms with Crippen LogP contribution >= 0.6 is 0 Å². The van der Waals surface area contributed by atoms with Crippen LogP contribution in [0.1, 0.15) is 5.56 Å². The fraction of sp³-hybridized carbons (Fsp3) is 0.0500. The minimum absolute atomic E-state index is 0.263. The van der Waals surface area contributed by atoms with Gasteiger partial charge in [0, 0.05) is 30.2 Å². The number of aromatic nitrogens is 5. The zero-order chi connectivity index (χ0) is 20.3. The Balaban J connectivity index is 1.82. The fourth-order valence-electron chi connectivity index (χ4n) is 2.60. The number of alkyl halides is 3. The van der Waals surface area contributed by atoms with Crippen LogP contribution in [0.5, 0.6) is 0 Å². The van der Waals surface area contributed by atoms with Crippen LogP contribution in [0.2, 0.25) is 0 Å². The molecule has 0 unspecified atom stereocenters. The number of nitrogens with zero attached hydrogens (tertiary/aromatic N) is 5. The van der Waals surface area contributed by atoms with E-state index in [0.29, 0.717) is 28.7 Å². The lowest BCUT2D eigenvalue weighted by Gasteiger charge is -2.11. The minimum atomic E-state index is -4.45. The summed E-state index contributed by atoms with van der Waals surface area (Å²) in [6.45, 7) is 0. The second-order valence-corrected chi connectivity index (χ2v) is 5.95. The van der Waals surface area contributed by atoms with Crippen molar-refractivity contribution >= 4 is 11.8 Å². The van der Waals surface area contributed by atoms with Crippen molar-refractivity contribution in [3.63, 3.8) is 0 Å². The maximum Gasteiger partial charge on any atom is 0.416 e. The van der Waals surface area contributed by atoms with Crippen molar-refractivity contribution in [3.8, 4) is 22.8 Å². The first-order chi connectivity index (χ1) is 14.0. The van der Waals surface area contributed by atoms with E-state index in [1.165, 1.54) is 12.1 Å². The summed E-state index contributed by atoms with van der Waals surface area (Å²) >= 11 is 0. The van der Waals surface area contributed by atoms with E-state index >= 15 is 0 Å². The van der Waals surface area contributed by atoms with Gasteiger partial charge < -0.3 is 5.32 Å². The van der Waals surface area contributed by atoms with Crippen LogP contribution in [0, 0.1) is 0 Å². The van der Waals surface area contributed by atoms with Gasteiger partial charge in [0.15, 0.2) is 5.82 Å². The summed E-state index contributed by atoms with van der Waals surface area (Å²) in [5.74, 6) is 0.895. The first-order valence-electron chi connectivity index (χ1n) is 8.51. The van der Waals surface area contributed by atoms with Gasteiger partial charge in [-0.1, -0.05) is 18.2 Å². The van der Waals surface area contributed by atoms with E-state index < -0.39 is 11.7 Å². The van der Waals surface area contributed by atoms with Crippen molar-refractivity contribution in [3.05, 3.63) is 78.8 Å². The Labute approximate surface area is 163 Å². The fourth-order valence-corrected chi connectivity index (χ4v) is 2.60. The molecule has 0 aliphatic heterocycles. The Kier molecular flexibility index (Phi) is 4.86. The van der Waals surface area contributed by atoms with Crippen LogP contribution < -0.4 is 5.32 Å². The van der Waals surface area contributed by atoms with E-state index in [-0.39, 0.29) is 5.82 Å². The predicted octanol–water partition coefficient (Wildman–Crippen LogP) is 4.76. The lowest BCUT2D eigenvalue weighted by atomic mass is 10.1. The summed E-state index contributed by atoms with van der Waals surface area (Å²) in [5, 5.41) is 2.95. The molecule has 4 rings (SSSR count). The molecule has 3 aromatic heterocycles. The molecule has 0 saturated carbocycles. The highest BCUT2D eigenvalue weighted by Gasteiger charge is 2.30. The number of nitrogens with one attached hydrogen (secondary N) is 1. The molecule has 1 aromatic carbocycles. The molecule has 0 spiro atoms. The molecule has 0 atom stereocenters. The average Bonchev–Trinajstić information content (AvgIpc) is 2.74. The summed E-state index contributed by atoms with van der Waals surface area (Å²) in [6, 6.07) is 13.4. The average molecular weight is 394 g/mol. The third-order valence-corrected chi connectivity index (χ3v) is 3.91. The predicted molar refractivity (Wildman–Crippen MR) is 101 cm³/mol. The van der Waals surface area contributed by atoms with Gasteiger partial charge in [0.2, 0.25) is 5.95 Å². The summed E-state index contributed by atoms with van der Waals surface area (Å²) < 4.78 is 39.4. The second kappa shape index (κ2) is 7.63. The van der Waals surface area contributed by atoms with Gasteiger partial charge in [0.05, 0.1) is 11.3 Å². The van der Waals surface area contributed by atoms with Gasteiger partial charge in [-0.25, -0.2) is 19.9 Å². The third kappa shape index (κ3) is 4.34.